The zero-order valence-corrected chi connectivity index (χ0v) is 14.0. The van der Waals surface area contributed by atoms with Crippen molar-refractivity contribution in [3.05, 3.63) is 51.2 Å². The summed E-state index contributed by atoms with van der Waals surface area (Å²) < 4.78 is 41.2. The molecule has 0 spiro atoms. The Bertz CT molecular complexity index is 812. The Balaban J connectivity index is 2.46. The number of rotatable bonds is 3. The van der Waals surface area contributed by atoms with Crippen molar-refractivity contribution >= 4 is 48.9 Å². The first-order valence-corrected chi connectivity index (χ1v) is 8.39. The fourth-order valence-electron chi connectivity index (χ4n) is 1.73. The standard InChI is InChI=1S/C13H11BrClFN2O2S/c1-7-4-9(14)11(17)6-13(7)21(19,20)18-12-3-2-8(15)5-10(12)16/h2-6,18H,17H2,1H3. The average molecular weight is 394 g/mol. The van der Waals surface area contributed by atoms with Crippen LogP contribution in [0.15, 0.2) is 39.7 Å². The lowest BCUT2D eigenvalue weighted by Gasteiger charge is -2.12. The van der Waals surface area contributed by atoms with Gasteiger partial charge in [-0.3, -0.25) is 4.72 Å². The predicted molar refractivity (Wildman–Crippen MR) is 85.5 cm³/mol. The molecule has 0 amide bonds. The molecule has 0 radical (unpaired) electrons. The number of nitrogen functional groups attached to an aromatic ring is 1. The molecule has 2 aromatic rings. The van der Waals surface area contributed by atoms with E-state index in [4.69, 9.17) is 17.3 Å². The summed E-state index contributed by atoms with van der Waals surface area (Å²) in [4.78, 5) is -0.0162. The summed E-state index contributed by atoms with van der Waals surface area (Å²) in [6.45, 7) is 1.62. The summed E-state index contributed by atoms with van der Waals surface area (Å²) in [6.07, 6.45) is 0. The van der Waals surface area contributed by atoms with E-state index >= 15 is 0 Å². The normalized spacial score (nSPS) is 11.4. The first-order chi connectivity index (χ1) is 9.70. The van der Waals surface area contributed by atoms with Crippen LogP contribution in [0.4, 0.5) is 15.8 Å². The topological polar surface area (TPSA) is 72.2 Å². The van der Waals surface area contributed by atoms with Gasteiger partial charge in [-0.1, -0.05) is 11.6 Å². The van der Waals surface area contributed by atoms with E-state index in [2.05, 4.69) is 20.7 Å². The fraction of sp³-hybridized carbons (Fsp3) is 0.0769. The molecule has 8 heteroatoms. The van der Waals surface area contributed by atoms with Crippen LogP contribution >= 0.6 is 27.5 Å². The molecule has 0 unspecified atom stereocenters. The molecule has 0 aliphatic rings. The van der Waals surface area contributed by atoms with Gasteiger partial charge in [0.05, 0.1) is 10.6 Å². The number of halogens is 3. The smallest absolute Gasteiger partial charge is 0.262 e. The minimum absolute atomic E-state index is 0.0162. The summed E-state index contributed by atoms with van der Waals surface area (Å²) >= 11 is 8.85. The molecule has 2 rings (SSSR count). The molecule has 0 atom stereocenters. The van der Waals surface area contributed by atoms with Crippen LogP contribution in [0, 0.1) is 12.7 Å². The van der Waals surface area contributed by atoms with Gasteiger partial charge in [-0.15, -0.1) is 0 Å². The van der Waals surface area contributed by atoms with Crippen molar-refractivity contribution in [2.45, 2.75) is 11.8 Å². The quantitative estimate of drug-likeness (QED) is 0.776. The monoisotopic (exact) mass is 392 g/mol. The number of hydrogen-bond donors (Lipinski definition) is 2. The lowest BCUT2D eigenvalue weighted by molar-refractivity contribution is 0.598. The number of anilines is 2. The molecule has 0 heterocycles. The predicted octanol–water partition coefficient (Wildman–Crippen LogP) is 3.93. The third kappa shape index (κ3) is 3.48. The minimum atomic E-state index is -3.95. The summed E-state index contributed by atoms with van der Waals surface area (Å²) in [5.41, 5.74) is 6.28. The van der Waals surface area contributed by atoms with E-state index in [1.807, 2.05) is 0 Å². The van der Waals surface area contributed by atoms with Crippen molar-refractivity contribution in [2.24, 2.45) is 0 Å². The van der Waals surface area contributed by atoms with Crippen molar-refractivity contribution < 1.29 is 12.8 Å². The number of benzene rings is 2. The van der Waals surface area contributed by atoms with Crippen molar-refractivity contribution in [3.63, 3.8) is 0 Å². The molecule has 0 aromatic heterocycles. The highest BCUT2D eigenvalue weighted by Gasteiger charge is 2.20. The summed E-state index contributed by atoms with van der Waals surface area (Å²) in [6, 6.07) is 6.58. The Morgan fingerprint density at radius 2 is 1.95 bits per heavy atom. The van der Waals surface area contributed by atoms with E-state index in [1.54, 1.807) is 13.0 Å². The Labute approximate surface area is 135 Å². The molecule has 0 bridgehead atoms. The molecule has 112 valence electrons. The average Bonchev–Trinajstić information content (AvgIpc) is 2.37. The van der Waals surface area contributed by atoms with Crippen LogP contribution < -0.4 is 10.5 Å². The van der Waals surface area contributed by atoms with Gasteiger partial charge in [-0.2, -0.15) is 0 Å². The summed E-state index contributed by atoms with van der Waals surface area (Å²) in [7, 11) is -3.95. The molecular formula is C13H11BrClFN2O2S. The van der Waals surface area contributed by atoms with Crippen LogP contribution in [0.5, 0.6) is 0 Å². The Morgan fingerprint density at radius 3 is 2.57 bits per heavy atom. The maximum Gasteiger partial charge on any atom is 0.262 e. The largest absolute Gasteiger partial charge is 0.398 e. The Kier molecular flexibility index (Phi) is 4.46. The lowest BCUT2D eigenvalue weighted by Crippen LogP contribution is -2.15. The van der Waals surface area contributed by atoms with E-state index in [0.717, 1.165) is 6.07 Å². The highest BCUT2D eigenvalue weighted by Crippen LogP contribution is 2.28. The molecule has 0 fully saturated rings. The van der Waals surface area contributed by atoms with Crippen LogP contribution in [0.2, 0.25) is 5.02 Å². The second-order valence-electron chi connectivity index (χ2n) is 4.37. The van der Waals surface area contributed by atoms with Crippen LogP contribution in [-0.2, 0) is 10.0 Å². The molecule has 21 heavy (non-hydrogen) atoms. The van der Waals surface area contributed by atoms with Crippen LogP contribution in [0.1, 0.15) is 5.56 Å². The maximum atomic E-state index is 13.7. The Hall–Kier alpha value is -1.31. The van der Waals surface area contributed by atoms with Gasteiger partial charge < -0.3 is 5.73 Å². The van der Waals surface area contributed by atoms with Crippen molar-refractivity contribution in [1.82, 2.24) is 0 Å². The molecular weight excluding hydrogens is 383 g/mol. The zero-order valence-electron chi connectivity index (χ0n) is 10.8. The molecule has 4 nitrogen and oxygen atoms in total. The number of sulfonamides is 1. The molecule has 3 N–H and O–H groups in total. The van der Waals surface area contributed by atoms with Crippen molar-refractivity contribution in [3.8, 4) is 0 Å². The Morgan fingerprint density at radius 1 is 1.29 bits per heavy atom. The van der Waals surface area contributed by atoms with Gasteiger partial charge in [-0.05, 0) is 58.7 Å². The molecule has 0 aliphatic carbocycles. The van der Waals surface area contributed by atoms with E-state index in [-0.39, 0.29) is 21.3 Å². The SMILES string of the molecule is Cc1cc(Br)c(N)cc1S(=O)(=O)Nc1ccc(Cl)cc1F. The number of nitrogens with two attached hydrogens (primary N) is 1. The van der Waals surface area contributed by atoms with E-state index in [9.17, 15) is 12.8 Å². The number of aryl methyl sites for hydroxylation is 1. The molecule has 0 saturated carbocycles. The van der Waals surface area contributed by atoms with E-state index in [0.29, 0.717) is 10.0 Å². The summed E-state index contributed by atoms with van der Waals surface area (Å²) in [5.74, 6) is -0.756. The number of hydrogen-bond acceptors (Lipinski definition) is 3. The van der Waals surface area contributed by atoms with Crippen molar-refractivity contribution in [2.75, 3.05) is 10.5 Å². The zero-order chi connectivity index (χ0) is 15.8. The lowest BCUT2D eigenvalue weighted by atomic mass is 10.2. The highest BCUT2D eigenvalue weighted by atomic mass is 79.9. The maximum absolute atomic E-state index is 13.7. The molecule has 0 aliphatic heterocycles. The highest BCUT2D eigenvalue weighted by molar-refractivity contribution is 9.10. The van der Waals surface area contributed by atoms with Gasteiger partial charge in [-0.25, -0.2) is 12.8 Å². The third-order valence-corrected chi connectivity index (χ3v) is 5.19. The number of nitrogens with one attached hydrogen (secondary N) is 1. The van der Waals surface area contributed by atoms with Gasteiger partial charge in [0.2, 0.25) is 0 Å². The molecule has 2 aromatic carbocycles. The summed E-state index contributed by atoms with van der Waals surface area (Å²) in [5, 5.41) is 0.180. The van der Waals surface area contributed by atoms with Crippen LogP contribution in [0.3, 0.4) is 0 Å². The van der Waals surface area contributed by atoms with Gasteiger partial charge in [0, 0.05) is 15.2 Å². The van der Waals surface area contributed by atoms with Crippen LogP contribution in [0.25, 0.3) is 0 Å². The molecule has 0 saturated heterocycles. The first-order valence-electron chi connectivity index (χ1n) is 5.74. The van der Waals surface area contributed by atoms with Crippen LogP contribution in [-0.4, -0.2) is 8.42 Å². The van der Waals surface area contributed by atoms with Gasteiger partial charge in [0.25, 0.3) is 10.0 Å². The van der Waals surface area contributed by atoms with Gasteiger partial charge in [0.15, 0.2) is 0 Å². The third-order valence-electron chi connectivity index (χ3n) is 2.76. The first kappa shape index (κ1) is 16.1. The van der Waals surface area contributed by atoms with Gasteiger partial charge in [0.1, 0.15) is 5.82 Å². The minimum Gasteiger partial charge on any atom is -0.398 e. The second-order valence-corrected chi connectivity index (χ2v) is 7.31. The van der Waals surface area contributed by atoms with Crippen molar-refractivity contribution in [1.29, 1.82) is 0 Å². The van der Waals surface area contributed by atoms with E-state index in [1.165, 1.54) is 18.2 Å². The second kappa shape index (κ2) is 5.82. The van der Waals surface area contributed by atoms with E-state index < -0.39 is 15.8 Å². The van der Waals surface area contributed by atoms with Gasteiger partial charge >= 0.3 is 0 Å². The fourth-order valence-corrected chi connectivity index (χ4v) is 3.68.